The summed E-state index contributed by atoms with van der Waals surface area (Å²) in [5.41, 5.74) is 0.982. The fourth-order valence-electron chi connectivity index (χ4n) is 1.70. The second kappa shape index (κ2) is 6.45. The molecule has 0 bridgehead atoms. The SMILES string of the molecule is CCn1cc(Oc2cc(CNC(C)(C)C)c(Cl)cn2)cn1. The summed E-state index contributed by atoms with van der Waals surface area (Å²) in [6.45, 7) is 9.82. The van der Waals surface area contributed by atoms with Gasteiger partial charge < -0.3 is 10.1 Å². The van der Waals surface area contributed by atoms with Crippen LogP contribution in [0.15, 0.2) is 24.7 Å². The van der Waals surface area contributed by atoms with Gasteiger partial charge in [0.1, 0.15) is 0 Å². The van der Waals surface area contributed by atoms with Crippen LogP contribution in [0.1, 0.15) is 33.3 Å². The van der Waals surface area contributed by atoms with Crippen LogP contribution in [-0.4, -0.2) is 20.3 Å². The molecule has 0 radical (unpaired) electrons. The van der Waals surface area contributed by atoms with E-state index in [-0.39, 0.29) is 5.54 Å². The molecule has 0 aliphatic carbocycles. The van der Waals surface area contributed by atoms with Crippen LogP contribution < -0.4 is 10.1 Å². The Kier molecular flexibility index (Phi) is 4.85. The van der Waals surface area contributed by atoms with Gasteiger partial charge in [0.05, 0.1) is 17.4 Å². The van der Waals surface area contributed by atoms with Crippen molar-refractivity contribution in [2.45, 2.75) is 46.3 Å². The van der Waals surface area contributed by atoms with Crippen molar-refractivity contribution in [3.05, 3.63) is 35.2 Å². The van der Waals surface area contributed by atoms with Gasteiger partial charge in [0.15, 0.2) is 5.75 Å². The van der Waals surface area contributed by atoms with Gasteiger partial charge in [-0.1, -0.05) is 11.6 Å². The quantitative estimate of drug-likeness (QED) is 0.916. The molecule has 2 heterocycles. The Morgan fingerprint density at radius 2 is 2.10 bits per heavy atom. The largest absolute Gasteiger partial charge is 0.436 e. The lowest BCUT2D eigenvalue weighted by molar-refractivity contribution is 0.422. The van der Waals surface area contributed by atoms with E-state index in [1.54, 1.807) is 17.1 Å². The first-order valence-corrected chi connectivity index (χ1v) is 7.35. The van der Waals surface area contributed by atoms with Gasteiger partial charge >= 0.3 is 0 Å². The van der Waals surface area contributed by atoms with E-state index in [0.29, 0.717) is 23.2 Å². The Morgan fingerprint density at radius 3 is 2.71 bits per heavy atom. The molecule has 114 valence electrons. The molecule has 0 saturated carbocycles. The van der Waals surface area contributed by atoms with Crippen LogP contribution in [0.25, 0.3) is 0 Å². The highest BCUT2D eigenvalue weighted by atomic mass is 35.5. The van der Waals surface area contributed by atoms with Gasteiger partial charge in [0.2, 0.25) is 5.88 Å². The van der Waals surface area contributed by atoms with Gasteiger partial charge in [-0.05, 0) is 33.3 Å². The normalized spacial score (nSPS) is 11.7. The van der Waals surface area contributed by atoms with E-state index in [9.17, 15) is 0 Å². The number of hydrogen-bond acceptors (Lipinski definition) is 4. The molecule has 6 heteroatoms. The molecule has 0 atom stereocenters. The van der Waals surface area contributed by atoms with E-state index in [1.807, 2.05) is 19.2 Å². The maximum absolute atomic E-state index is 6.18. The fourth-order valence-corrected chi connectivity index (χ4v) is 1.87. The molecule has 1 N–H and O–H groups in total. The minimum Gasteiger partial charge on any atom is -0.436 e. The summed E-state index contributed by atoms with van der Waals surface area (Å²) >= 11 is 6.18. The molecule has 2 aromatic rings. The molecular formula is C15H21ClN4O. The van der Waals surface area contributed by atoms with Crippen molar-refractivity contribution < 1.29 is 4.74 Å². The van der Waals surface area contributed by atoms with Crippen molar-refractivity contribution in [3.8, 4) is 11.6 Å². The van der Waals surface area contributed by atoms with Gasteiger partial charge in [0, 0.05) is 30.9 Å². The number of nitrogens with zero attached hydrogens (tertiary/aromatic N) is 3. The predicted octanol–water partition coefficient (Wildman–Crippen LogP) is 3.63. The summed E-state index contributed by atoms with van der Waals surface area (Å²) in [7, 11) is 0. The Labute approximate surface area is 130 Å². The maximum Gasteiger partial charge on any atom is 0.219 e. The van der Waals surface area contributed by atoms with Crippen molar-refractivity contribution in [2.24, 2.45) is 0 Å². The van der Waals surface area contributed by atoms with Gasteiger partial charge in [-0.15, -0.1) is 0 Å². The molecule has 0 saturated heterocycles. The van der Waals surface area contributed by atoms with Gasteiger partial charge in [-0.2, -0.15) is 5.10 Å². The van der Waals surface area contributed by atoms with E-state index >= 15 is 0 Å². The molecule has 0 aliphatic heterocycles. The Bertz CT molecular complexity index is 604. The summed E-state index contributed by atoms with van der Waals surface area (Å²) < 4.78 is 7.51. The molecule has 2 rings (SSSR count). The van der Waals surface area contributed by atoms with Gasteiger partial charge in [-0.25, -0.2) is 4.98 Å². The molecule has 0 fully saturated rings. The maximum atomic E-state index is 6.18. The second-order valence-corrected chi connectivity index (χ2v) is 6.26. The third kappa shape index (κ3) is 4.72. The zero-order valence-corrected chi connectivity index (χ0v) is 13.6. The number of pyridine rings is 1. The molecular weight excluding hydrogens is 288 g/mol. The van der Waals surface area contributed by atoms with E-state index in [1.165, 1.54) is 0 Å². The summed E-state index contributed by atoms with van der Waals surface area (Å²) in [4.78, 5) is 4.19. The van der Waals surface area contributed by atoms with Crippen LogP contribution in [-0.2, 0) is 13.1 Å². The Hall–Kier alpha value is -1.59. The lowest BCUT2D eigenvalue weighted by atomic mass is 10.1. The monoisotopic (exact) mass is 308 g/mol. The highest BCUT2D eigenvalue weighted by Crippen LogP contribution is 2.24. The van der Waals surface area contributed by atoms with E-state index in [2.05, 4.69) is 36.2 Å². The number of aromatic nitrogens is 3. The zero-order valence-electron chi connectivity index (χ0n) is 12.9. The Balaban J connectivity index is 2.10. The molecule has 2 aromatic heterocycles. The number of rotatable bonds is 5. The van der Waals surface area contributed by atoms with Crippen molar-refractivity contribution >= 4 is 11.6 Å². The topological polar surface area (TPSA) is 52.0 Å². The standard InChI is InChI=1S/C15H21ClN4O/c1-5-20-10-12(8-19-20)21-14-6-11(13(16)9-17-14)7-18-15(2,3)4/h6,8-10,18H,5,7H2,1-4H3. The van der Waals surface area contributed by atoms with Crippen LogP contribution in [0.4, 0.5) is 0 Å². The fraction of sp³-hybridized carbons (Fsp3) is 0.467. The van der Waals surface area contributed by atoms with Crippen LogP contribution in [0.5, 0.6) is 11.6 Å². The van der Waals surface area contributed by atoms with Crippen LogP contribution in [0, 0.1) is 0 Å². The molecule has 0 aliphatic rings. The predicted molar refractivity (Wildman–Crippen MR) is 83.8 cm³/mol. The highest BCUT2D eigenvalue weighted by Gasteiger charge is 2.11. The van der Waals surface area contributed by atoms with Crippen molar-refractivity contribution in [3.63, 3.8) is 0 Å². The molecule has 0 spiro atoms. The van der Waals surface area contributed by atoms with Crippen molar-refractivity contribution in [2.75, 3.05) is 0 Å². The lowest BCUT2D eigenvalue weighted by Gasteiger charge is -2.21. The summed E-state index contributed by atoms with van der Waals surface area (Å²) in [6, 6.07) is 1.85. The molecule has 0 unspecified atom stereocenters. The molecule has 0 aromatic carbocycles. The molecule has 0 amide bonds. The van der Waals surface area contributed by atoms with E-state index in [0.717, 1.165) is 12.1 Å². The number of aryl methyl sites for hydroxylation is 1. The molecule has 21 heavy (non-hydrogen) atoms. The third-order valence-corrected chi connectivity index (χ3v) is 3.22. The van der Waals surface area contributed by atoms with Crippen molar-refractivity contribution in [1.29, 1.82) is 0 Å². The smallest absolute Gasteiger partial charge is 0.219 e. The minimum absolute atomic E-state index is 0.0237. The Morgan fingerprint density at radius 1 is 1.33 bits per heavy atom. The average Bonchev–Trinajstić information content (AvgIpc) is 2.86. The first-order chi connectivity index (χ1) is 9.87. The highest BCUT2D eigenvalue weighted by molar-refractivity contribution is 6.31. The second-order valence-electron chi connectivity index (χ2n) is 5.85. The lowest BCUT2D eigenvalue weighted by Crippen LogP contribution is -2.35. The number of ether oxygens (including phenoxy) is 1. The van der Waals surface area contributed by atoms with E-state index in [4.69, 9.17) is 16.3 Å². The number of hydrogen-bond donors (Lipinski definition) is 1. The van der Waals surface area contributed by atoms with Crippen LogP contribution in [0.3, 0.4) is 0 Å². The summed E-state index contributed by atoms with van der Waals surface area (Å²) in [5, 5.41) is 8.19. The third-order valence-electron chi connectivity index (χ3n) is 2.87. The number of halogens is 1. The zero-order chi connectivity index (χ0) is 15.5. The van der Waals surface area contributed by atoms with Crippen molar-refractivity contribution in [1.82, 2.24) is 20.1 Å². The average molecular weight is 309 g/mol. The van der Waals surface area contributed by atoms with Gasteiger partial charge in [-0.3, -0.25) is 4.68 Å². The van der Waals surface area contributed by atoms with E-state index < -0.39 is 0 Å². The summed E-state index contributed by atoms with van der Waals surface area (Å²) in [5.74, 6) is 1.18. The first kappa shape index (κ1) is 15.8. The number of nitrogens with one attached hydrogen (secondary N) is 1. The summed E-state index contributed by atoms with van der Waals surface area (Å²) in [6.07, 6.45) is 5.12. The minimum atomic E-state index is 0.0237. The first-order valence-electron chi connectivity index (χ1n) is 6.97. The molecule has 5 nitrogen and oxygen atoms in total. The van der Waals surface area contributed by atoms with Crippen LogP contribution in [0.2, 0.25) is 5.02 Å². The van der Waals surface area contributed by atoms with Crippen LogP contribution >= 0.6 is 11.6 Å². The van der Waals surface area contributed by atoms with Gasteiger partial charge in [0.25, 0.3) is 0 Å².